The van der Waals surface area contributed by atoms with Crippen molar-refractivity contribution in [3.05, 3.63) is 159 Å². The number of carbonyl (C=O) groups is 3. The fourth-order valence-corrected chi connectivity index (χ4v) is 15.9. The number of pyridine rings is 4. The molecule has 115 heavy (non-hydrogen) atoms. The molecule has 0 radical (unpaired) electrons. The first kappa shape index (κ1) is 84.8. The first-order valence-electron chi connectivity index (χ1n) is 35.1. The zero-order valence-electron chi connectivity index (χ0n) is 64.4. The molecule has 11 aromatic rings. The number of methoxy groups -OCH3 is 6. The molecule has 0 spiro atoms. The van der Waals surface area contributed by atoms with Crippen molar-refractivity contribution in [1.82, 2.24) is 34.6 Å². The van der Waals surface area contributed by atoms with Crippen LogP contribution in [0.1, 0.15) is 36.6 Å². The Bertz CT molecular complexity index is 5490. The van der Waals surface area contributed by atoms with Crippen LogP contribution in [-0.4, -0.2) is 208 Å². The summed E-state index contributed by atoms with van der Waals surface area (Å²) in [5, 5.41) is 14.9. The summed E-state index contributed by atoms with van der Waals surface area (Å²) in [6.07, 6.45) is 6.55. The number of ether oxygens (including phenoxy) is 14. The molecule has 5 aliphatic heterocycles. The number of nitrogens with zero attached hydrogens (tertiary/aromatic N) is 9. The number of likely N-dealkylation sites (N-methyl/N-ethyl adjacent to an activating group) is 3. The Hall–Kier alpha value is -9.60. The van der Waals surface area contributed by atoms with E-state index < -0.39 is 11.2 Å². The summed E-state index contributed by atoms with van der Waals surface area (Å²) in [5.74, 6) is 7.87. The SMILES string of the molecule is C=C1c2c(cnc3cc4c(cc23)OCO4)-c2cc(OC)c(OC)cc2N1CCN(C)C.COc1cc(I)c(N(CCN(C)C)C(=O)c2c(Br)cnc3cc4c(cc23)OCO4)cc1OC.COc1cc(I)c(NCCN(C)C)cc1OC.O=C(Cl)c1c(Br)cnc2cc3c(cc12)OCO3.O=C(O)c1c(Br)cnc2cc3c(cc12)OCO3. The van der Waals surface area contributed by atoms with Crippen molar-refractivity contribution in [2.24, 2.45) is 0 Å². The lowest BCUT2D eigenvalue weighted by atomic mass is 9.89. The van der Waals surface area contributed by atoms with Crippen LogP contribution in [0.15, 0.2) is 130 Å². The largest absolute Gasteiger partial charge is 0.493 e. The number of aromatic nitrogens is 4. The van der Waals surface area contributed by atoms with Gasteiger partial charge < -0.3 is 101 Å². The third kappa shape index (κ3) is 18.6. The second kappa shape index (κ2) is 37.6. The topological polar surface area (TPSA) is 280 Å². The monoisotopic (exact) mass is 2000 g/mol. The van der Waals surface area contributed by atoms with Crippen molar-refractivity contribution in [2.75, 3.05) is 167 Å². The zero-order valence-corrected chi connectivity index (χ0v) is 74.2. The van der Waals surface area contributed by atoms with Crippen LogP contribution in [0.4, 0.5) is 17.1 Å². The molecule has 4 aromatic heterocycles. The van der Waals surface area contributed by atoms with E-state index in [1.165, 1.54) is 6.20 Å². The van der Waals surface area contributed by atoms with Crippen LogP contribution in [0.25, 0.3) is 60.4 Å². The van der Waals surface area contributed by atoms with Gasteiger partial charge >= 0.3 is 5.97 Å². The molecule has 1 amide bonds. The smallest absolute Gasteiger partial charge is 0.337 e. The van der Waals surface area contributed by atoms with Crippen molar-refractivity contribution in [3.8, 4) is 91.6 Å². The van der Waals surface area contributed by atoms with Crippen LogP contribution in [0.3, 0.4) is 0 Å². The van der Waals surface area contributed by atoms with Gasteiger partial charge in [-0.25, -0.2) is 4.79 Å². The Labute approximate surface area is 719 Å². The molecule has 2 N–H and O–H groups in total. The van der Waals surface area contributed by atoms with E-state index in [9.17, 15) is 19.5 Å². The van der Waals surface area contributed by atoms with Crippen LogP contribution in [0.2, 0.25) is 0 Å². The second-order valence-corrected chi connectivity index (χ2v) is 31.7. The Kier molecular flexibility index (Phi) is 27.7. The molecule has 28 nitrogen and oxygen atoms in total. The number of carboxylic acids is 1. The fourth-order valence-electron chi connectivity index (χ4n) is 12.8. The molecular weight excluding hydrogens is 1930 g/mol. The maximum absolute atomic E-state index is 14.1. The highest BCUT2D eigenvalue weighted by molar-refractivity contribution is 14.1. The summed E-state index contributed by atoms with van der Waals surface area (Å²) in [6, 6.07) is 26.0. The molecule has 9 heterocycles. The highest BCUT2D eigenvalue weighted by atomic mass is 127. The standard InChI is InChI=1S/C24H25N3O4.C23H23BrIN3O5.C12H19IN2O2.C11H5BrClNO3.C11H6BrNO4/c1-14-24-16-9-22-23(31-13-30-22)10-18(16)25-12-17(24)15-8-20(28-4)21(29-5)11-19(15)27(14)7-6-26(2)3;1-27(2)5-6-28(17-10-19(31-4)18(30-3)8-15(17)25)23(29)22-13-7-20-21(33-12-32-20)9-16(13)26-11-14(22)24;1-15(2)6-5-14-10-8-12(17-4)11(16-3)7-9(10)13;12-6-3-14-7-2-9-8(16-4-17-9)1-5(7)10(6)11(13)15;12-6-3-13-7-2-9-8(16-4-17-9)1-5(7)10(6)11(14)15/h8-12H,1,6-7,13H2,2-5H3;7-11H,5-6,12H2,1-4H3;7-8,14H,5-6H2,1-4H3;1-3H,4H2;1-3H,4H2,(H,14,15). The molecule has 0 aliphatic carbocycles. The van der Waals surface area contributed by atoms with Crippen LogP contribution in [-0.2, 0) is 0 Å². The Balaban J connectivity index is 0.000000137. The third-order valence-corrected chi connectivity index (χ3v) is 22.3. The van der Waals surface area contributed by atoms with E-state index in [1.54, 1.807) is 90.3 Å². The first-order chi connectivity index (χ1) is 55.3. The average Bonchev–Trinajstić information content (AvgIpc) is 1.61. The molecule has 0 atom stereocenters. The van der Waals surface area contributed by atoms with Crippen molar-refractivity contribution in [3.63, 3.8) is 0 Å². The summed E-state index contributed by atoms with van der Waals surface area (Å²) >= 11 is 20.1. The molecule has 5 aliphatic rings. The highest BCUT2D eigenvalue weighted by Gasteiger charge is 2.33. The van der Waals surface area contributed by atoms with Gasteiger partial charge in [0.05, 0.1) is 103 Å². The summed E-state index contributed by atoms with van der Waals surface area (Å²) in [5.41, 5.74) is 10.6. The number of benzene rings is 7. The predicted octanol–water partition coefficient (Wildman–Crippen LogP) is 16.4. The van der Waals surface area contributed by atoms with Gasteiger partial charge in [-0.1, -0.05) is 6.58 Å². The third-order valence-electron chi connectivity index (χ3n) is 18.5. The summed E-state index contributed by atoms with van der Waals surface area (Å²) in [4.78, 5) is 64.6. The van der Waals surface area contributed by atoms with Gasteiger partial charge in [0.2, 0.25) is 27.2 Å². The molecule has 602 valence electrons. The number of carboxylic acid groups (broad SMARTS) is 1. The molecule has 7 aromatic carbocycles. The first-order valence-corrected chi connectivity index (χ1v) is 40.0. The highest BCUT2D eigenvalue weighted by Crippen LogP contribution is 2.52. The van der Waals surface area contributed by atoms with Crippen molar-refractivity contribution in [2.45, 2.75) is 0 Å². The molecule has 0 saturated carbocycles. The number of anilines is 3. The minimum atomic E-state index is -1.01. The molecule has 0 fully saturated rings. The second-order valence-electron chi connectivity index (χ2n) is 26.4. The van der Waals surface area contributed by atoms with Gasteiger partial charge in [-0.2, -0.15) is 0 Å². The van der Waals surface area contributed by atoms with Crippen molar-refractivity contribution >= 4 is 188 Å². The number of fused-ring (bicyclic) bond motifs is 12. The number of amides is 1. The van der Waals surface area contributed by atoms with E-state index in [0.717, 1.165) is 107 Å². The lowest BCUT2D eigenvalue weighted by Crippen LogP contribution is -2.37. The van der Waals surface area contributed by atoms with E-state index in [-0.39, 0.29) is 38.6 Å². The average molecular weight is 2010 g/mol. The van der Waals surface area contributed by atoms with Gasteiger partial charge in [-0.05, 0) is 189 Å². The summed E-state index contributed by atoms with van der Waals surface area (Å²) < 4.78 is 79.4. The van der Waals surface area contributed by atoms with Crippen LogP contribution in [0, 0.1) is 7.14 Å². The maximum Gasteiger partial charge on any atom is 0.337 e. The van der Waals surface area contributed by atoms with Gasteiger partial charge in [-0.3, -0.25) is 29.5 Å². The Morgan fingerprint density at radius 3 is 1.32 bits per heavy atom. The number of nitrogens with one attached hydrogen (secondary N) is 1. The van der Waals surface area contributed by atoms with Gasteiger partial charge in [0.25, 0.3) is 11.1 Å². The Morgan fingerprint density at radius 1 is 0.478 bits per heavy atom. The predicted molar refractivity (Wildman–Crippen MR) is 467 cm³/mol. The number of hydrogen-bond acceptors (Lipinski definition) is 26. The number of rotatable bonds is 20. The van der Waals surface area contributed by atoms with E-state index >= 15 is 0 Å². The van der Waals surface area contributed by atoms with E-state index in [2.05, 4.69) is 163 Å². The summed E-state index contributed by atoms with van der Waals surface area (Å²) in [7, 11) is 22.0. The fraction of sp³-hybridized carbons (Fsp3) is 0.272. The normalized spacial score (nSPS) is 12.7. The van der Waals surface area contributed by atoms with Crippen LogP contribution in [0.5, 0.6) is 80.5 Å². The zero-order chi connectivity index (χ0) is 82.2. The number of hydrogen-bond donors (Lipinski definition) is 2. The lowest BCUT2D eigenvalue weighted by molar-refractivity contribution is 0.0697. The minimum absolute atomic E-state index is 0.148. The molecule has 16 rings (SSSR count). The minimum Gasteiger partial charge on any atom is -0.493 e. The number of carbonyl (C=O) groups excluding carboxylic acids is 2. The van der Waals surface area contributed by atoms with Gasteiger partial charge in [0.1, 0.15) is 0 Å². The van der Waals surface area contributed by atoms with Gasteiger partial charge in [-0.15, -0.1) is 0 Å². The maximum atomic E-state index is 14.1. The molecule has 0 bridgehead atoms. The van der Waals surface area contributed by atoms with Crippen LogP contribution < -0.4 is 81.4 Å². The quantitative estimate of drug-likeness (QED) is 0.0530. The van der Waals surface area contributed by atoms with Gasteiger partial charge in [0, 0.05) is 167 Å². The van der Waals surface area contributed by atoms with Gasteiger partial charge in [0.15, 0.2) is 80.5 Å². The number of aromatic carboxylic acids is 1. The van der Waals surface area contributed by atoms with E-state index in [0.29, 0.717) is 128 Å². The van der Waals surface area contributed by atoms with E-state index in [1.807, 2.05) is 79.8 Å². The number of halogens is 6. The van der Waals surface area contributed by atoms with Crippen LogP contribution >= 0.6 is 105 Å². The molecule has 0 saturated heterocycles. The molecule has 34 heteroatoms. The van der Waals surface area contributed by atoms with E-state index in [4.69, 9.17) is 82.9 Å². The Morgan fingerprint density at radius 2 is 0.861 bits per heavy atom. The summed E-state index contributed by atoms with van der Waals surface area (Å²) in [6.45, 7) is 9.87. The lowest BCUT2D eigenvalue weighted by Gasteiger charge is -2.36. The van der Waals surface area contributed by atoms with Crippen molar-refractivity contribution < 1.29 is 85.8 Å². The van der Waals surface area contributed by atoms with Crippen molar-refractivity contribution in [1.29, 1.82) is 0 Å². The molecule has 0 unspecified atom stereocenters. The molecular formula is C81H78Br3ClI2N10O18.